The summed E-state index contributed by atoms with van der Waals surface area (Å²) in [5, 5.41) is 8.25. The second kappa shape index (κ2) is 4.21. The molecule has 0 heterocycles. The maximum absolute atomic E-state index is 2.43. The van der Waals surface area contributed by atoms with Gasteiger partial charge >= 0.3 is 0 Å². The fourth-order valence-electron chi connectivity index (χ4n) is 4.98. The summed E-state index contributed by atoms with van der Waals surface area (Å²) in [4.78, 5) is 0. The van der Waals surface area contributed by atoms with E-state index in [1.165, 1.54) is 54.6 Å². The molecule has 0 unspecified atom stereocenters. The summed E-state index contributed by atoms with van der Waals surface area (Å²) < 4.78 is 0. The summed E-state index contributed by atoms with van der Waals surface area (Å²) in [6.45, 7) is 4.71. The fraction of sp³-hybridized carbons (Fsp3) is 0.120. The van der Waals surface area contributed by atoms with Crippen LogP contribution in [-0.2, 0) is 5.41 Å². The minimum atomic E-state index is 0.0520. The second-order valence-electron chi connectivity index (χ2n) is 7.83. The van der Waals surface area contributed by atoms with E-state index in [0.29, 0.717) is 0 Å². The third kappa shape index (κ3) is 1.49. The smallest absolute Gasteiger partial charge is 0.0159 e. The summed E-state index contributed by atoms with van der Waals surface area (Å²) in [6, 6.07) is 27.2. The first-order valence-electron chi connectivity index (χ1n) is 8.97. The first kappa shape index (κ1) is 13.4. The van der Waals surface area contributed by atoms with Crippen molar-refractivity contribution in [3.8, 4) is 11.1 Å². The normalized spacial score (nSPS) is 15.1. The largest absolute Gasteiger partial charge is 0.0619 e. The van der Waals surface area contributed by atoms with E-state index in [4.69, 9.17) is 0 Å². The van der Waals surface area contributed by atoms with Crippen molar-refractivity contribution in [2.24, 2.45) is 0 Å². The summed E-state index contributed by atoms with van der Waals surface area (Å²) in [6.07, 6.45) is 0. The number of benzene rings is 5. The Balaban J connectivity index is 1.93. The summed E-state index contributed by atoms with van der Waals surface area (Å²) >= 11 is 0. The van der Waals surface area contributed by atoms with E-state index >= 15 is 0 Å². The highest BCUT2D eigenvalue weighted by Gasteiger charge is 2.36. The molecule has 0 atom stereocenters. The molecule has 1 aliphatic carbocycles. The highest BCUT2D eigenvalue weighted by molar-refractivity contribution is 6.26. The van der Waals surface area contributed by atoms with Gasteiger partial charge in [-0.15, -0.1) is 0 Å². The molecule has 0 aliphatic heterocycles. The number of rotatable bonds is 0. The van der Waals surface area contributed by atoms with Crippen molar-refractivity contribution in [2.75, 3.05) is 0 Å². The Kier molecular flexibility index (Phi) is 2.26. The molecule has 0 bridgehead atoms. The van der Waals surface area contributed by atoms with Crippen molar-refractivity contribution in [3.63, 3.8) is 0 Å². The van der Waals surface area contributed by atoms with Crippen molar-refractivity contribution in [2.45, 2.75) is 19.3 Å². The first-order valence-corrected chi connectivity index (χ1v) is 8.97. The molecule has 0 saturated heterocycles. The molecule has 5 aromatic rings. The van der Waals surface area contributed by atoms with E-state index in [-0.39, 0.29) is 5.41 Å². The first-order chi connectivity index (χ1) is 12.2. The number of hydrogen-bond donors (Lipinski definition) is 0. The van der Waals surface area contributed by atoms with Gasteiger partial charge in [0.15, 0.2) is 0 Å². The maximum Gasteiger partial charge on any atom is 0.0159 e. The molecule has 5 aromatic carbocycles. The van der Waals surface area contributed by atoms with Crippen LogP contribution in [0.25, 0.3) is 43.4 Å². The highest BCUT2D eigenvalue weighted by atomic mass is 14.4. The maximum atomic E-state index is 2.43. The lowest BCUT2D eigenvalue weighted by atomic mass is 9.81. The fourth-order valence-corrected chi connectivity index (χ4v) is 4.98. The van der Waals surface area contributed by atoms with Crippen molar-refractivity contribution in [3.05, 3.63) is 83.9 Å². The molecule has 0 spiro atoms. The lowest BCUT2D eigenvalue weighted by Crippen LogP contribution is -2.14. The van der Waals surface area contributed by atoms with Gasteiger partial charge in [0.25, 0.3) is 0 Å². The van der Waals surface area contributed by atoms with E-state index < -0.39 is 0 Å². The molecule has 0 aromatic heterocycles. The zero-order valence-electron chi connectivity index (χ0n) is 14.4. The van der Waals surface area contributed by atoms with Crippen LogP contribution in [0.15, 0.2) is 72.8 Å². The van der Waals surface area contributed by atoms with Crippen LogP contribution in [0.4, 0.5) is 0 Å². The predicted octanol–water partition coefficient (Wildman–Crippen LogP) is 6.89. The highest BCUT2D eigenvalue weighted by Crippen LogP contribution is 2.53. The molecule has 0 heteroatoms. The zero-order valence-corrected chi connectivity index (χ0v) is 14.4. The molecule has 0 saturated carbocycles. The van der Waals surface area contributed by atoms with Gasteiger partial charge in [-0.1, -0.05) is 80.6 Å². The molecular formula is C25H18. The van der Waals surface area contributed by atoms with Gasteiger partial charge in [0.2, 0.25) is 0 Å². The van der Waals surface area contributed by atoms with Crippen LogP contribution in [-0.4, -0.2) is 0 Å². The van der Waals surface area contributed by atoms with E-state index in [0.717, 1.165) is 0 Å². The monoisotopic (exact) mass is 318 g/mol. The van der Waals surface area contributed by atoms with Crippen LogP contribution < -0.4 is 0 Å². The molecule has 118 valence electrons. The molecular weight excluding hydrogens is 300 g/mol. The SMILES string of the molecule is CC1(C)c2ccccc2-c2c1cc1ccc3cccc4ccc2c1c34. The molecule has 1 aliphatic rings. The summed E-state index contributed by atoms with van der Waals surface area (Å²) in [5.74, 6) is 0. The van der Waals surface area contributed by atoms with Gasteiger partial charge in [0.1, 0.15) is 0 Å². The average Bonchev–Trinajstić information content (AvgIpc) is 2.87. The molecule has 25 heavy (non-hydrogen) atoms. The Hall–Kier alpha value is -2.86. The van der Waals surface area contributed by atoms with E-state index in [1.807, 2.05) is 0 Å². The topological polar surface area (TPSA) is 0 Å². The Morgan fingerprint density at radius 1 is 0.600 bits per heavy atom. The number of hydrogen-bond acceptors (Lipinski definition) is 0. The third-order valence-corrected chi connectivity index (χ3v) is 6.19. The van der Waals surface area contributed by atoms with Gasteiger partial charge < -0.3 is 0 Å². The van der Waals surface area contributed by atoms with Crippen LogP contribution in [0, 0.1) is 0 Å². The summed E-state index contributed by atoms with van der Waals surface area (Å²) in [5.41, 5.74) is 5.79. The van der Waals surface area contributed by atoms with Gasteiger partial charge in [-0.25, -0.2) is 0 Å². The van der Waals surface area contributed by atoms with Crippen LogP contribution >= 0.6 is 0 Å². The second-order valence-corrected chi connectivity index (χ2v) is 7.83. The summed E-state index contributed by atoms with van der Waals surface area (Å²) in [7, 11) is 0. The van der Waals surface area contributed by atoms with Gasteiger partial charge in [0.05, 0.1) is 0 Å². The molecule has 0 nitrogen and oxygen atoms in total. The molecule has 0 fully saturated rings. The number of fused-ring (bicyclic) bond motifs is 4. The van der Waals surface area contributed by atoms with Crippen molar-refractivity contribution < 1.29 is 0 Å². The zero-order chi connectivity index (χ0) is 16.8. The van der Waals surface area contributed by atoms with Crippen LogP contribution in [0.1, 0.15) is 25.0 Å². The van der Waals surface area contributed by atoms with Crippen LogP contribution in [0.2, 0.25) is 0 Å². The lowest BCUT2D eigenvalue weighted by Gasteiger charge is -2.22. The Morgan fingerprint density at radius 2 is 1.32 bits per heavy atom. The molecule has 0 amide bonds. The minimum Gasteiger partial charge on any atom is -0.0619 e. The van der Waals surface area contributed by atoms with Gasteiger partial charge in [-0.2, -0.15) is 0 Å². The average molecular weight is 318 g/mol. The Labute approximate surface area is 147 Å². The molecule has 6 rings (SSSR count). The standard InChI is InChI=1S/C25H18/c1-25(2)20-9-4-3-8-18(20)24-19-13-12-16-7-5-6-15-10-11-17(14-21(24)25)23(19)22(15)16/h3-14H,1-2H3. The van der Waals surface area contributed by atoms with E-state index in [1.54, 1.807) is 0 Å². The van der Waals surface area contributed by atoms with Gasteiger partial charge in [-0.05, 0) is 60.6 Å². The third-order valence-electron chi connectivity index (χ3n) is 6.19. The van der Waals surface area contributed by atoms with Crippen LogP contribution in [0.5, 0.6) is 0 Å². The molecule has 0 radical (unpaired) electrons. The quantitative estimate of drug-likeness (QED) is 0.273. The predicted molar refractivity (Wildman–Crippen MR) is 108 cm³/mol. The van der Waals surface area contributed by atoms with Crippen LogP contribution in [0.3, 0.4) is 0 Å². The van der Waals surface area contributed by atoms with Crippen molar-refractivity contribution in [1.82, 2.24) is 0 Å². The molecule has 0 N–H and O–H groups in total. The minimum absolute atomic E-state index is 0.0520. The van der Waals surface area contributed by atoms with E-state index in [9.17, 15) is 0 Å². The Bertz CT molecular complexity index is 1290. The van der Waals surface area contributed by atoms with E-state index in [2.05, 4.69) is 86.6 Å². The van der Waals surface area contributed by atoms with Crippen molar-refractivity contribution in [1.29, 1.82) is 0 Å². The lowest BCUT2D eigenvalue weighted by molar-refractivity contribution is 0.661. The van der Waals surface area contributed by atoms with Crippen molar-refractivity contribution >= 4 is 32.3 Å². The van der Waals surface area contributed by atoms with Gasteiger partial charge in [0, 0.05) is 5.41 Å². The van der Waals surface area contributed by atoms with Gasteiger partial charge in [-0.3, -0.25) is 0 Å². The Morgan fingerprint density at radius 3 is 2.16 bits per heavy atom.